The maximum atomic E-state index is 13.1. The molecule has 1 fully saturated rings. The molecular formula is C19H23Cl3N4O2. The third kappa shape index (κ3) is 4.81. The Kier molecular flexibility index (Phi) is 8.19. The number of benzene rings is 1. The Balaban J connectivity index is 0.00000140. The van der Waals surface area contributed by atoms with Crippen molar-refractivity contribution in [1.82, 2.24) is 15.2 Å². The summed E-state index contributed by atoms with van der Waals surface area (Å²) in [6, 6.07) is 9.46. The van der Waals surface area contributed by atoms with Gasteiger partial charge in [-0.2, -0.15) is 0 Å². The molecule has 2 aliphatic rings. The third-order valence-electron chi connectivity index (χ3n) is 4.84. The largest absolute Gasteiger partial charge is 0.490 e. The minimum atomic E-state index is 0. The Morgan fingerprint density at radius 2 is 2.14 bits per heavy atom. The summed E-state index contributed by atoms with van der Waals surface area (Å²) in [5.41, 5.74) is 1.93. The highest BCUT2D eigenvalue weighted by Crippen LogP contribution is 2.34. The van der Waals surface area contributed by atoms with Crippen molar-refractivity contribution in [1.29, 1.82) is 0 Å². The van der Waals surface area contributed by atoms with Gasteiger partial charge in [-0.15, -0.1) is 24.8 Å². The van der Waals surface area contributed by atoms with E-state index < -0.39 is 0 Å². The number of anilines is 1. The van der Waals surface area contributed by atoms with Crippen molar-refractivity contribution in [3.63, 3.8) is 0 Å². The number of pyridine rings is 1. The normalized spacial score (nSPS) is 18.2. The van der Waals surface area contributed by atoms with E-state index in [0.29, 0.717) is 31.3 Å². The van der Waals surface area contributed by atoms with Crippen molar-refractivity contribution in [3.05, 3.63) is 53.3 Å². The minimum Gasteiger partial charge on any atom is -0.490 e. The van der Waals surface area contributed by atoms with Gasteiger partial charge in [0.2, 0.25) is 5.91 Å². The summed E-state index contributed by atoms with van der Waals surface area (Å²) in [6.07, 6.45) is 3.59. The summed E-state index contributed by atoms with van der Waals surface area (Å²) in [6.45, 7) is 3.77. The molecule has 1 saturated heterocycles. The number of rotatable bonds is 3. The van der Waals surface area contributed by atoms with Crippen LogP contribution in [0.2, 0.25) is 5.02 Å². The molecule has 2 aromatic rings. The molecule has 6 nitrogen and oxygen atoms in total. The zero-order valence-electron chi connectivity index (χ0n) is 15.2. The topological polar surface area (TPSA) is 57.7 Å². The third-order valence-corrected chi connectivity index (χ3v) is 5.07. The molecule has 1 aromatic carbocycles. The summed E-state index contributed by atoms with van der Waals surface area (Å²) in [7, 11) is 0. The quantitative estimate of drug-likeness (QED) is 0.787. The molecule has 1 N–H and O–H groups in total. The van der Waals surface area contributed by atoms with Crippen LogP contribution < -0.4 is 15.0 Å². The zero-order valence-corrected chi connectivity index (χ0v) is 17.6. The summed E-state index contributed by atoms with van der Waals surface area (Å²) in [4.78, 5) is 21.3. The van der Waals surface area contributed by atoms with E-state index in [-0.39, 0.29) is 36.8 Å². The van der Waals surface area contributed by atoms with E-state index in [1.807, 2.05) is 35.4 Å². The van der Waals surface area contributed by atoms with Crippen molar-refractivity contribution < 1.29 is 9.53 Å². The Hall–Kier alpha value is -1.73. The fourth-order valence-corrected chi connectivity index (χ4v) is 3.70. The monoisotopic (exact) mass is 444 g/mol. The van der Waals surface area contributed by atoms with Crippen molar-refractivity contribution in [2.24, 2.45) is 0 Å². The van der Waals surface area contributed by atoms with Crippen molar-refractivity contribution in [2.45, 2.75) is 6.04 Å². The van der Waals surface area contributed by atoms with Crippen LogP contribution in [0, 0.1) is 0 Å². The van der Waals surface area contributed by atoms with Gasteiger partial charge < -0.3 is 19.9 Å². The molecule has 2 aliphatic heterocycles. The van der Waals surface area contributed by atoms with Gasteiger partial charge in [0.1, 0.15) is 12.4 Å². The maximum absolute atomic E-state index is 13.1. The van der Waals surface area contributed by atoms with Gasteiger partial charge in [0, 0.05) is 37.1 Å². The molecule has 0 radical (unpaired) electrons. The number of halogens is 3. The predicted octanol–water partition coefficient (Wildman–Crippen LogP) is 2.95. The van der Waals surface area contributed by atoms with Crippen LogP contribution in [0.1, 0.15) is 11.6 Å². The van der Waals surface area contributed by atoms with E-state index in [9.17, 15) is 4.79 Å². The molecule has 1 unspecified atom stereocenters. The number of nitrogens with zero attached hydrogens (tertiary/aromatic N) is 3. The molecule has 28 heavy (non-hydrogen) atoms. The first-order valence-corrected chi connectivity index (χ1v) is 9.17. The van der Waals surface area contributed by atoms with Gasteiger partial charge in [-0.05, 0) is 29.8 Å². The van der Waals surface area contributed by atoms with E-state index in [4.69, 9.17) is 16.3 Å². The molecular weight excluding hydrogens is 423 g/mol. The van der Waals surface area contributed by atoms with Gasteiger partial charge in [0.05, 0.1) is 24.8 Å². The lowest BCUT2D eigenvalue weighted by Crippen LogP contribution is -2.52. The van der Waals surface area contributed by atoms with Crippen LogP contribution in [0.4, 0.5) is 5.69 Å². The average molecular weight is 446 g/mol. The van der Waals surface area contributed by atoms with E-state index in [2.05, 4.69) is 15.2 Å². The van der Waals surface area contributed by atoms with Crippen LogP contribution in [0.25, 0.3) is 0 Å². The second kappa shape index (κ2) is 10.2. The summed E-state index contributed by atoms with van der Waals surface area (Å²) >= 11 is 6.14. The molecule has 0 bridgehead atoms. The van der Waals surface area contributed by atoms with Crippen molar-refractivity contribution >= 4 is 48.0 Å². The molecule has 1 atom stereocenters. The fourth-order valence-electron chi connectivity index (χ4n) is 3.54. The van der Waals surface area contributed by atoms with E-state index in [1.165, 1.54) is 0 Å². The van der Waals surface area contributed by atoms with Gasteiger partial charge >= 0.3 is 0 Å². The van der Waals surface area contributed by atoms with Crippen LogP contribution in [-0.4, -0.2) is 55.1 Å². The SMILES string of the molecule is Cl.Cl.O=C(CN1CCOc2ccc(Cl)cc21)N1CCNCC1c1cccnc1. The van der Waals surface area contributed by atoms with E-state index >= 15 is 0 Å². The highest BCUT2D eigenvalue weighted by Gasteiger charge is 2.30. The van der Waals surface area contributed by atoms with Crippen LogP contribution in [-0.2, 0) is 4.79 Å². The standard InChI is InChI=1S/C19H21ClN4O2.2ClH/c20-15-3-4-18-16(10-15)23(8-9-26-18)13-19(25)24-7-6-22-12-17(24)14-2-1-5-21-11-14;;/h1-5,10-11,17,22H,6-9,12-13H2;2*1H. The van der Waals surface area contributed by atoms with Crippen molar-refractivity contribution in [3.8, 4) is 5.75 Å². The van der Waals surface area contributed by atoms with E-state index in [0.717, 1.165) is 30.1 Å². The summed E-state index contributed by atoms with van der Waals surface area (Å²) < 4.78 is 5.68. The Bertz CT molecular complexity index is 794. The van der Waals surface area contributed by atoms with Crippen LogP contribution in [0.15, 0.2) is 42.7 Å². The lowest BCUT2D eigenvalue weighted by Gasteiger charge is -2.38. The number of hydrogen-bond acceptors (Lipinski definition) is 5. The van der Waals surface area contributed by atoms with Crippen LogP contribution in [0.3, 0.4) is 0 Å². The Labute approximate surface area is 182 Å². The number of hydrogen-bond donors (Lipinski definition) is 1. The molecule has 0 saturated carbocycles. The van der Waals surface area contributed by atoms with Crippen LogP contribution in [0.5, 0.6) is 5.75 Å². The molecule has 9 heteroatoms. The minimum absolute atomic E-state index is 0. The Morgan fingerprint density at radius 1 is 1.29 bits per heavy atom. The number of ether oxygens (including phenoxy) is 1. The molecule has 3 heterocycles. The number of carbonyl (C=O) groups excluding carboxylic acids is 1. The molecule has 1 amide bonds. The first-order valence-electron chi connectivity index (χ1n) is 8.80. The predicted molar refractivity (Wildman–Crippen MR) is 115 cm³/mol. The first kappa shape index (κ1) is 22.6. The maximum Gasteiger partial charge on any atom is 0.242 e. The molecule has 1 aromatic heterocycles. The molecule has 4 rings (SSSR count). The first-order chi connectivity index (χ1) is 12.7. The van der Waals surface area contributed by atoms with E-state index in [1.54, 1.807) is 12.3 Å². The average Bonchev–Trinajstić information content (AvgIpc) is 2.69. The van der Waals surface area contributed by atoms with Gasteiger partial charge in [0.25, 0.3) is 0 Å². The lowest BCUT2D eigenvalue weighted by atomic mass is 10.1. The highest BCUT2D eigenvalue weighted by molar-refractivity contribution is 6.31. The smallest absolute Gasteiger partial charge is 0.242 e. The molecule has 152 valence electrons. The lowest BCUT2D eigenvalue weighted by molar-refractivity contribution is -0.133. The molecule has 0 spiro atoms. The number of aromatic nitrogens is 1. The summed E-state index contributed by atoms with van der Waals surface area (Å²) in [5.74, 6) is 0.880. The Morgan fingerprint density at radius 3 is 2.93 bits per heavy atom. The number of fused-ring (bicyclic) bond motifs is 1. The van der Waals surface area contributed by atoms with Gasteiger partial charge in [-0.1, -0.05) is 17.7 Å². The fraction of sp³-hybridized carbons (Fsp3) is 0.368. The van der Waals surface area contributed by atoms with Crippen LogP contribution >= 0.6 is 36.4 Å². The number of nitrogens with one attached hydrogen (secondary N) is 1. The second-order valence-electron chi connectivity index (χ2n) is 6.48. The zero-order chi connectivity index (χ0) is 17.9. The number of piperazine rings is 1. The highest BCUT2D eigenvalue weighted by atomic mass is 35.5. The van der Waals surface area contributed by atoms with Gasteiger partial charge in [-0.25, -0.2) is 0 Å². The van der Waals surface area contributed by atoms with Crippen molar-refractivity contribution in [2.75, 3.05) is 44.2 Å². The number of amides is 1. The molecule has 0 aliphatic carbocycles. The summed E-state index contributed by atoms with van der Waals surface area (Å²) in [5, 5.41) is 4.01. The second-order valence-corrected chi connectivity index (χ2v) is 6.91. The number of carbonyl (C=O) groups is 1. The van der Waals surface area contributed by atoms with Gasteiger partial charge in [0.15, 0.2) is 0 Å². The van der Waals surface area contributed by atoms with Gasteiger partial charge in [-0.3, -0.25) is 9.78 Å².